The number of aromatic nitrogens is 1. The van der Waals surface area contributed by atoms with Crippen LogP contribution in [-0.2, 0) is 6.42 Å². The standard InChI is InChI=1S/C52H41NSSi/c1-2-48-45(33-31-37-32-34-50-47(35-37)46-28-14-17-38-18-15-30-51(54-50)52(38)46)44-27-12-13-29-49(44)53(48)39-19-16-26-43(36-39)55(40-20-6-3-7-21-40,41-22-8-4-9-23-41)42-24-10-5-11-25-42/h2-14,16-17,19-31,33-37H,1,15,18,32H2/b33-31+. The number of fused-ring (bicyclic) bond motifs is 3. The number of benzene rings is 6. The summed E-state index contributed by atoms with van der Waals surface area (Å²) in [6.07, 6.45) is 17.5. The van der Waals surface area contributed by atoms with Crippen molar-refractivity contribution >= 4 is 74.1 Å². The fraction of sp³-hybridized carbons (Fsp3) is 0.0769. The van der Waals surface area contributed by atoms with Crippen LogP contribution in [0.5, 0.6) is 0 Å². The van der Waals surface area contributed by atoms with E-state index in [0.29, 0.717) is 5.92 Å². The van der Waals surface area contributed by atoms with Crippen LogP contribution in [0.2, 0.25) is 0 Å². The van der Waals surface area contributed by atoms with Gasteiger partial charge in [-0.25, -0.2) is 0 Å². The van der Waals surface area contributed by atoms with Crippen molar-refractivity contribution in [2.24, 2.45) is 5.92 Å². The molecule has 1 atom stereocenters. The Morgan fingerprint density at radius 2 is 1.31 bits per heavy atom. The molecule has 0 N–H and O–H groups in total. The van der Waals surface area contributed by atoms with Gasteiger partial charge >= 0.3 is 0 Å². The van der Waals surface area contributed by atoms with Crippen molar-refractivity contribution in [1.82, 2.24) is 4.57 Å². The van der Waals surface area contributed by atoms with Crippen molar-refractivity contribution < 1.29 is 0 Å². The monoisotopic (exact) mass is 739 g/mol. The first kappa shape index (κ1) is 33.7. The minimum Gasteiger partial charge on any atom is -0.309 e. The molecule has 55 heavy (non-hydrogen) atoms. The van der Waals surface area contributed by atoms with Crippen LogP contribution < -0.4 is 20.7 Å². The lowest BCUT2D eigenvalue weighted by Gasteiger charge is -2.34. The Hall–Kier alpha value is -5.87. The fourth-order valence-corrected chi connectivity index (χ4v) is 15.3. The van der Waals surface area contributed by atoms with Crippen LogP contribution in [-0.4, -0.2) is 12.6 Å². The third kappa shape index (κ3) is 5.61. The summed E-state index contributed by atoms with van der Waals surface area (Å²) in [4.78, 5) is 2.85. The number of thioether (sulfide) groups is 1. The molecule has 1 aliphatic heterocycles. The zero-order chi connectivity index (χ0) is 36.8. The van der Waals surface area contributed by atoms with Gasteiger partial charge in [-0.3, -0.25) is 0 Å². The van der Waals surface area contributed by atoms with Gasteiger partial charge in [0.05, 0.1) is 11.2 Å². The van der Waals surface area contributed by atoms with Crippen molar-refractivity contribution in [3.63, 3.8) is 0 Å². The number of rotatable bonds is 8. The molecule has 1 unspecified atom stereocenters. The summed E-state index contributed by atoms with van der Waals surface area (Å²) >= 11 is 1.96. The molecular formula is C52H41NSSi. The number of nitrogens with zero attached hydrogens (tertiary/aromatic N) is 1. The largest absolute Gasteiger partial charge is 0.309 e. The second-order valence-electron chi connectivity index (χ2n) is 14.7. The summed E-state index contributed by atoms with van der Waals surface area (Å²) in [6.45, 7) is 4.41. The zero-order valence-corrected chi connectivity index (χ0v) is 32.6. The van der Waals surface area contributed by atoms with Gasteiger partial charge in [-0.05, 0) is 92.5 Å². The summed E-state index contributed by atoms with van der Waals surface area (Å²) in [5.41, 5.74) is 10.4. The fourth-order valence-electron chi connectivity index (χ4n) is 9.27. The molecular weight excluding hydrogens is 699 g/mol. The van der Waals surface area contributed by atoms with Crippen molar-refractivity contribution in [2.75, 3.05) is 0 Å². The van der Waals surface area contributed by atoms with E-state index in [1.54, 1.807) is 0 Å². The molecule has 6 aromatic carbocycles. The van der Waals surface area contributed by atoms with E-state index in [1.165, 1.54) is 69.3 Å². The molecule has 1 nitrogen and oxygen atoms in total. The molecule has 264 valence electrons. The maximum atomic E-state index is 4.41. The number of allylic oxidation sites excluding steroid dienone is 5. The Balaban J connectivity index is 1.11. The molecule has 0 bridgehead atoms. The van der Waals surface area contributed by atoms with Gasteiger partial charge in [0.25, 0.3) is 0 Å². The third-order valence-corrected chi connectivity index (χ3v) is 17.7. The third-order valence-electron chi connectivity index (χ3n) is 11.7. The molecule has 10 rings (SSSR count). The van der Waals surface area contributed by atoms with E-state index in [9.17, 15) is 0 Å². The Labute approximate surface area is 329 Å². The van der Waals surface area contributed by atoms with Crippen molar-refractivity contribution in [3.05, 3.63) is 221 Å². The lowest BCUT2D eigenvalue weighted by atomic mass is 9.85. The average molecular weight is 740 g/mol. The lowest BCUT2D eigenvalue weighted by Crippen LogP contribution is -2.74. The highest BCUT2D eigenvalue weighted by Gasteiger charge is 2.41. The molecule has 0 spiro atoms. The van der Waals surface area contributed by atoms with E-state index in [2.05, 4.69) is 199 Å². The Bertz CT molecular complexity index is 2620. The van der Waals surface area contributed by atoms with Crippen molar-refractivity contribution in [1.29, 1.82) is 0 Å². The first-order valence-electron chi connectivity index (χ1n) is 19.4. The van der Waals surface area contributed by atoms with Crippen LogP contribution in [0.3, 0.4) is 0 Å². The van der Waals surface area contributed by atoms with Crippen LogP contribution in [0.25, 0.3) is 39.2 Å². The number of hydrogen-bond donors (Lipinski definition) is 0. The average Bonchev–Trinajstić information content (AvgIpc) is 3.58. The summed E-state index contributed by atoms with van der Waals surface area (Å²) < 4.78 is 2.42. The van der Waals surface area contributed by atoms with Crippen molar-refractivity contribution in [3.8, 4) is 5.69 Å². The first-order chi connectivity index (χ1) is 27.2. The molecule has 7 aromatic rings. The summed E-state index contributed by atoms with van der Waals surface area (Å²) in [6, 6.07) is 58.5. The minimum absolute atomic E-state index is 0.307. The summed E-state index contributed by atoms with van der Waals surface area (Å²) in [5, 5.41) is 6.69. The lowest BCUT2D eigenvalue weighted by molar-refractivity contribution is 0.827. The first-order valence-corrected chi connectivity index (χ1v) is 22.2. The van der Waals surface area contributed by atoms with Crippen LogP contribution in [0.1, 0.15) is 40.8 Å². The molecule has 0 saturated heterocycles. The second kappa shape index (κ2) is 14.1. The molecule has 1 aromatic heterocycles. The number of hydrogen-bond acceptors (Lipinski definition) is 1. The number of para-hydroxylation sites is 1. The van der Waals surface area contributed by atoms with Gasteiger partial charge < -0.3 is 4.57 Å². The molecule has 0 amide bonds. The topological polar surface area (TPSA) is 4.93 Å². The Morgan fingerprint density at radius 3 is 2.02 bits per heavy atom. The smallest absolute Gasteiger partial charge is 0.179 e. The van der Waals surface area contributed by atoms with Gasteiger partial charge in [-0.1, -0.05) is 188 Å². The van der Waals surface area contributed by atoms with Gasteiger partial charge in [0.2, 0.25) is 0 Å². The van der Waals surface area contributed by atoms with Gasteiger partial charge in [0.1, 0.15) is 0 Å². The molecule has 0 saturated carbocycles. The van der Waals surface area contributed by atoms with Gasteiger partial charge in [0.15, 0.2) is 8.07 Å². The molecule has 2 heterocycles. The van der Waals surface area contributed by atoms with E-state index in [0.717, 1.165) is 30.6 Å². The van der Waals surface area contributed by atoms with Crippen LogP contribution in [0.15, 0.2) is 194 Å². The summed E-state index contributed by atoms with van der Waals surface area (Å²) in [5.74, 6) is 0.307. The van der Waals surface area contributed by atoms with Crippen molar-refractivity contribution in [2.45, 2.75) is 19.3 Å². The molecule has 0 radical (unpaired) electrons. The highest BCUT2D eigenvalue weighted by molar-refractivity contribution is 8.12. The van der Waals surface area contributed by atoms with Crippen LogP contribution in [0, 0.1) is 5.92 Å². The van der Waals surface area contributed by atoms with Crippen LogP contribution in [0.4, 0.5) is 0 Å². The normalized spacial score (nSPS) is 16.2. The second-order valence-corrected chi connectivity index (χ2v) is 19.6. The van der Waals surface area contributed by atoms with E-state index in [4.69, 9.17) is 0 Å². The number of aryl methyl sites for hydroxylation is 1. The maximum Gasteiger partial charge on any atom is 0.179 e. The van der Waals surface area contributed by atoms with E-state index >= 15 is 0 Å². The highest BCUT2D eigenvalue weighted by atomic mass is 32.2. The minimum atomic E-state index is -2.71. The Kier molecular flexibility index (Phi) is 8.62. The van der Waals surface area contributed by atoms with E-state index in [-0.39, 0.29) is 0 Å². The summed E-state index contributed by atoms with van der Waals surface area (Å²) in [7, 11) is -2.71. The highest BCUT2D eigenvalue weighted by Crippen LogP contribution is 2.53. The zero-order valence-electron chi connectivity index (χ0n) is 30.7. The molecule has 2 aliphatic carbocycles. The predicted molar refractivity (Wildman–Crippen MR) is 241 cm³/mol. The quantitative estimate of drug-likeness (QED) is 0.111. The van der Waals surface area contributed by atoms with Gasteiger partial charge in [-0.15, -0.1) is 0 Å². The maximum absolute atomic E-state index is 4.41. The van der Waals surface area contributed by atoms with Crippen LogP contribution >= 0.6 is 11.8 Å². The van der Waals surface area contributed by atoms with E-state index in [1.807, 2.05) is 17.8 Å². The van der Waals surface area contributed by atoms with Gasteiger partial charge in [-0.2, -0.15) is 0 Å². The van der Waals surface area contributed by atoms with Gasteiger partial charge in [0, 0.05) is 26.4 Å². The SMILES string of the molecule is C=Cc1c(/C=C/C2C=C3C(=CC2)SC2=CCCc4cccc3c42)c2ccccc2n1-c1cccc([Si](c2ccccc2)(c2ccccc2)c2ccccc2)c1. The van der Waals surface area contributed by atoms with E-state index < -0.39 is 8.07 Å². The predicted octanol–water partition coefficient (Wildman–Crippen LogP) is 10.7. The molecule has 0 fully saturated rings. The Morgan fingerprint density at radius 1 is 0.655 bits per heavy atom. The molecule has 3 heteroatoms. The molecule has 3 aliphatic rings.